The predicted octanol–water partition coefficient (Wildman–Crippen LogP) is 11.5. The molecule has 11 heteroatoms. The first-order valence-corrected chi connectivity index (χ1v) is 23.3. The van der Waals surface area contributed by atoms with Crippen molar-refractivity contribution in [2.45, 2.75) is 213 Å². The van der Waals surface area contributed by atoms with Crippen LogP contribution in [0.5, 0.6) is 0 Å². The van der Waals surface area contributed by atoms with Crippen LogP contribution in [0.3, 0.4) is 0 Å². The number of hydrogen-bond donors (Lipinski definition) is 3. The van der Waals surface area contributed by atoms with E-state index in [0.29, 0.717) is 13.0 Å². The Morgan fingerprint density at radius 3 is 1.33 bits per heavy atom. The van der Waals surface area contributed by atoms with Gasteiger partial charge in [0, 0.05) is 6.42 Å². The number of rotatable bonds is 40. The van der Waals surface area contributed by atoms with Gasteiger partial charge in [-0.05, 0) is 70.6 Å². The van der Waals surface area contributed by atoms with Gasteiger partial charge in [0.2, 0.25) is 5.91 Å². The average Bonchev–Trinajstić information content (AvgIpc) is 3.14. The van der Waals surface area contributed by atoms with Crippen LogP contribution in [0, 0.1) is 0 Å². The van der Waals surface area contributed by atoms with Crippen LogP contribution in [-0.2, 0) is 32.9 Å². The molecule has 0 spiro atoms. The van der Waals surface area contributed by atoms with Gasteiger partial charge in [-0.1, -0.05) is 154 Å². The van der Waals surface area contributed by atoms with Gasteiger partial charge in [-0.3, -0.25) is 14.1 Å². The first kappa shape index (κ1) is 52.0. The predicted molar refractivity (Wildman–Crippen MR) is 220 cm³/mol. The highest BCUT2D eigenvalue weighted by atomic mass is 31.2. The van der Waals surface area contributed by atoms with Gasteiger partial charge in [0.05, 0.1) is 13.2 Å². The zero-order chi connectivity index (χ0) is 39.8. The molecule has 0 aliphatic heterocycles. The van der Waals surface area contributed by atoms with E-state index < -0.39 is 38.3 Å². The molecule has 0 aromatic heterocycles. The molecule has 0 radical (unpaired) electrons. The van der Waals surface area contributed by atoms with Crippen molar-refractivity contribution in [3.8, 4) is 0 Å². The van der Waals surface area contributed by atoms with Crippen LogP contribution in [0.15, 0.2) is 24.3 Å². The molecule has 0 saturated heterocycles. The molecule has 0 fully saturated rings. The van der Waals surface area contributed by atoms with Crippen LogP contribution in [0.1, 0.15) is 206 Å². The van der Waals surface area contributed by atoms with Gasteiger partial charge in [-0.25, -0.2) is 9.36 Å². The number of carbonyl (C=O) groups is 3. The number of phosphoric acid groups is 1. The summed E-state index contributed by atoms with van der Waals surface area (Å²) in [6, 6.07) is -1.16. The second kappa shape index (κ2) is 39.2. The minimum absolute atomic E-state index is 0.0554. The zero-order valence-corrected chi connectivity index (χ0v) is 35.3. The fourth-order valence-corrected chi connectivity index (χ4v) is 6.41. The molecule has 0 aromatic carbocycles. The van der Waals surface area contributed by atoms with E-state index in [-0.39, 0.29) is 19.4 Å². The molecule has 0 aromatic rings. The third-order valence-corrected chi connectivity index (χ3v) is 9.91. The van der Waals surface area contributed by atoms with E-state index in [1.807, 2.05) is 0 Å². The molecule has 0 unspecified atom stereocenters. The van der Waals surface area contributed by atoms with Gasteiger partial charge < -0.3 is 24.6 Å². The van der Waals surface area contributed by atoms with E-state index in [2.05, 4.69) is 48.0 Å². The fraction of sp³-hybridized carbons (Fsp3) is 0.837. The van der Waals surface area contributed by atoms with Crippen LogP contribution in [0.2, 0.25) is 0 Å². The van der Waals surface area contributed by atoms with E-state index >= 15 is 0 Å². The number of unbranched alkanes of at least 4 members (excludes halogenated alkanes) is 24. The lowest BCUT2D eigenvalue weighted by molar-refractivity contribution is -0.149. The summed E-state index contributed by atoms with van der Waals surface area (Å²) >= 11 is 0. The van der Waals surface area contributed by atoms with Gasteiger partial charge in [0.25, 0.3) is 0 Å². The fourth-order valence-electron chi connectivity index (χ4n) is 6.12. The molecule has 54 heavy (non-hydrogen) atoms. The standard InChI is InChI=1S/C43H80NO9P/c1-3-5-7-9-11-13-15-17-19-21-23-25-27-29-31-33-37-51-42(46)36-35-40(44-41(45)39-53-54(48,49)50)43(47)52-38-34-32-30-28-26-24-22-20-18-16-14-12-10-8-6-4-2/h17-20,40H,3-16,21-39H2,1-2H3,(H,44,45)(H2,48,49,50)/b19-17-,20-18-/t40-/m0/s1. The van der Waals surface area contributed by atoms with Crippen LogP contribution < -0.4 is 5.32 Å². The molecule has 3 N–H and O–H groups in total. The summed E-state index contributed by atoms with van der Waals surface area (Å²) in [5.74, 6) is -2.07. The molecule has 1 atom stereocenters. The Morgan fingerprint density at radius 2 is 0.926 bits per heavy atom. The summed E-state index contributed by atoms with van der Waals surface area (Å²) in [5.41, 5.74) is 0. The molecule has 0 heterocycles. The largest absolute Gasteiger partial charge is 0.470 e. The molecular formula is C43H80NO9P. The quantitative estimate of drug-likeness (QED) is 0.0239. The lowest BCUT2D eigenvalue weighted by Gasteiger charge is -2.17. The smallest absolute Gasteiger partial charge is 0.466 e. The number of allylic oxidation sites excluding steroid dienone is 4. The second-order valence-electron chi connectivity index (χ2n) is 14.7. The van der Waals surface area contributed by atoms with Crippen LogP contribution in [0.4, 0.5) is 0 Å². The molecule has 0 rings (SSSR count). The van der Waals surface area contributed by atoms with E-state index in [4.69, 9.17) is 19.3 Å². The number of esters is 2. The zero-order valence-electron chi connectivity index (χ0n) is 34.4. The van der Waals surface area contributed by atoms with Crippen molar-refractivity contribution >= 4 is 25.7 Å². The Morgan fingerprint density at radius 1 is 0.556 bits per heavy atom. The van der Waals surface area contributed by atoms with Crippen molar-refractivity contribution in [2.75, 3.05) is 19.8 Å². The van der Waals surface area contributed by atoms with Gasteiger partial charge in [0.15, 0.2) is 0 Å². The maximum atomic E-state index is 12.8. The summed E-state index contributed by atoms with van der Waals surface area (Å²) in [6.07, 6.45) is 42.2. The summed E-state index contributed by atoms with van der Waals surface area (Å²) in [6.45, 7) is 4.05. The summed E-state index contributed by atoms with van der Waals surface area (Å²) < 4.78 is 26.0. The highest BCUT2D eigenvalue weighted by molar-refractivity contribution is 7.46. The van der Waals surface area contributed by atoms with E-state index in [9.17, 15) is 18.9 Å². The second-order valence-corrected chi connectivity index (χ2v) is 15.9. The molecular weight excluding hydrogens is 705 g/mol. The number of ether oxygens (including phenoxy) is 2. The van der Waals surface area contributed by atoms with Crippen LogP contribution >= 0.6 is 7.82 Å². The van der Waals surface area contributed by atoms with Crippen molar-refractivity contribution in [3.63, 3.8) is 0 Å². The van der Waals surface area contributed by atoms with E-state index in [1.54, 1.807) is 0 Å². The van der Waals surface area contributed by atoms with E-state index in [0.717, 1.165) is 57.8 Å². The topological polar surface area (TPSA) is 148 Å². The van der Waals surface area contributed by atoms with Crippen molar-refractivity contribution in [2.24, 2.45) is 0 Å². The molecule has 0 aliphatic rings. The van der Waals surface area contributed by atoms with Crippen LogP contribution in [0.25, 0.3) is 0 Å². The molecule has 0 saturated carbocycles. The Hall–Kier alpha value is -2.00. The highest BCUT2D eigenvalue weighted by Gasteiger charge is 2.25. The van der Waals surface area contributed by atoms with Gasteiger partial charge in [0.1, 0.15) is 12.6 Å². The Labute approximate surface area is 329 Å². The Kier molecular flexibility index (Phi) is 37.8. The molecule has 10 nitrogen and oxygen atoms in total. The van der Waals surface area contributed by atoms with Crippen molar-refractivity contribution < 1.29 is 42.7 Å². The average molecular weight is 786 g/mol. The lowest BCUT2D eigenvalue weighted by atomic mass is 10.1. The monoisotopic (exact) mass is 786 g/mol. The van der Waals surface area contributed by atoms with Crippen molar-refractivity contribution in [3.05, 3.63) is 24.3 Å². The first-order valence-electron chi connectivity index (χ1n) is 21.8. The van der Waals surface area contributed by atoms with E-state index in [1.165, 1.54) is 116 Å². The number of hydrogen-bond acceptors (Lipinski definition) is 7. The van der Waals surface area contributed by atoms with Gasteiger partial charge in [-0.15, -0.1) is 0 Å². The molecule has 0 aliphatic carbocycles. The number of amides is 1. The third kappa shape index (κ3) is 39.7. The summed E-state index contributed by atoms with van der Waals surface area (Å²) in [5, 5.41) is 2.38. The molecule has 1 amide bonds. The normalized spacial score (nSPS) is 12.4. The Bertz CT molecular complexity index is 997. The molecule has 316 valence electrons. The number of nitrogens with one attached hydrogen (secondary N) is 1. The maximum absolute atomic E-state index is 12.8. The third-order valence-electron chi connectivity index (χ3n) is 9.44. The van der Waals surface area contributed by atoms with Gasteiger partial charge in [-0.2, -0.15) is 0 Å². The molecule has 0 bridgehead atoms. The summed E-state index contributed by atoms with van der Waals surface area (Å²) in [7, 11) is -4.86. The number of carbonyl (C=O) groups excluding carboxylic acids is 3. The number of phosphoric ester groups is 1. The maximum Gasteiger partial charge on any atom is 0.470 e. The van der Waals surface area contributed by atoms with Gasteiger partial charge >= 0.3 is 19.8 Å². The minimum Gasteiger partial charge on any atom is -0.466 e. The van der Waals surface area contributed by atoms with Crippen molar-refractivity contribution in [1.29, 1.82) is 0 Å². The first-order chi connectivity index (χ1) is 26.2. The van der Waals surface area contributed by atoms with Crippen molar-refractivity contribution in [1.82, 2.24) is 5.32 Å². The summed E-state index contributed by atoms with van der Waals surface area (Å²) in [4.78, 5) is 55.2. The SMILES string of the molecule is CCCCCCCC/C=C\CCCCCCCCOC(=O)CC[C@H](NC(=O)COP(=O)(O)O)C(=O)OCCCCCCCC/C=C\CCCCCCCC. The minimum atomic E-state index is -4.86. The van der Waals surface area contributed by atoms with Crippen LogP contribution in [-0.4, -0.2) is 53.5 Å². The lowest BCUT2D eigenvalue weighted by Crippen LogP contribution is -2.43. The Balaban J connectivity index is 4.15. The highest BCUT2D eigenvalue weighted by Crippen LogP contribution is 2.35.